The van der Waals surface area contributed by atoms with E-state index in [9.17, 15) is 9.18 Å². The minimum Gasteiger partial charge on any atom is -0.377 e. The zero-order valence-corrected chi connectivity index (χ0v) is 18.3. The molecule has 30 heavy (non-hydrogen) atoms. The second-order valence-corrected chi connectivity index (χ2v) is 9.46. The standard InChI is InChI=1S/C23H25FN2O2S2/c24-18-9-7-17(8-10-18)23(21-6-3-13-30-21)25-22(27)16-26(14-19-4-1-11-28-19)15-20-5-2-12-29-20/h2-3,5-10,12-13,19,23H,1,4,11,14-16H2,(H,25,27). The van der Waals surface area contributed by atoms with Crippen LogP contribution in [0.5, 0.6) is 0 Å². The van der Waals surface area contributed by atoms with Crippen molar-refractivity contribution in [2.45, 2.75) is 31.5 Å². The van der Waals surface area contributed by atoms with E-state index in [2.05, 4.69) is 21.7 Å². The van der Waals surface area contributed by atoms with E-state index in [0.717, 1.165) is 43.0 Å². The van der Waals surface area contributed by atoms with E-state index in [4.69, 9.17) is 4.74 Å². The largest absolute Gasteiger partial charge is 0.377 e. The molecule has 1 amide bonds. The molecule has 1 aliphatic heterocycles. The fourth-order valence-electron chi connectivity index (χ4n) is 3.72. The van der Waals surface area contributed by atoms with Gasteiger partial charge in [0.15, 0.2) is 0 Å². The Morgan fingerprint density at radius 3 is 2.63 bits per heavy atom. The highest BCUT2D eigenvalue weighted by atomic mass is 32.1. The summed E-state index contributed by atoms with van der Waals surface area (Å²) in [7, 11) is 0. The predicted octanol–water partition coefficient (Wildman–Crippen LogP) is 4.84. The molecule has 1 saturated heterocycles. The van der Waals surface area contributed by atoms with Crippen molar-refractivity contribution in [1.82, 2.24) is 10.2 Å². The fourth-order valence-corrected chi connectivity index (χ4v) is 5.27. The molecule has 3 heterocycles. The van der Waals surface area contributed by atoms with Crippen LogP contribution in [-0.2, 0) is 16.1 Å². The zero-order valence-electron chi connectivity index (χ0n) is 16.6. The summed E-state index contributed by atoms with van der Waals surface area (Å²) in [6.45, 7) is 2.56. The molecule has 1 aliphatic rings. The van der Waals surface area contributed by atoms with Gasteiger partial charge < -0.3 is 10.1 Å². The van der Waals surface area contributed by atoms with Gasteiger partial charge >= 0.3 is 0 Å². The van der Waals surface area contributed by atoms with E-state index in [0.29, 0.717) is 6.54 Å². The number of halogens is 1. The first-order valence-electron chi connectivity index (χ1n) is 10.1. The molecule has 1 aromatic carbocycles. The van der Waals surface area contributed by atoms with Crippen LogP contribution < -0.4 is 5.32 Å². The molecule has 7 heteroatoms. The molecular weight excluding hydrogens is 419 g/mol. The molecule has 0 aliphatic carbocycles. The Balaban J connectivity index is 1.46. The lowest BCUT2D eigenvalue weighted by Gasteiger charge is -2.26. The quantitative estimate of drug-likeness (QED) is 0.514. The van der Waals surface area contributed by atoms with E-state index in [-0.39, 0.29) is 23.9 Å². The minimum atomic E-state index is -0.288. The number of amides is 1. The average molecular weight is 445 g/mol. The second kappa shape index (κ2) is 10.3. The lowest BCUT2D eigenvalue weighted by Crippen LogP contribution is -2.41. The van der Waals surface area contributed by atoms with E-state index in [1.54, 1.807) is 34.8 Å². The van der Waals surface area contributed by atoms with Crippen molar-refractivity contribution in [1.29, 1.82) is 0 Å². The number of benzene rings is 1. The predicted molar refractivity (Wildman–Crippen MR) is 119 cm³/mol. The highest BCUT2D eigenvalue weighted by Crippen LogP contribution is 2.26. The van der Waals surface area contributed by atoms with Crippen molar-refractivity contribution >= 4 is 28.6 Å². The van der Waals surface area contributed by atoms with Gasteiger partial charge in [0, 0.05) is 29.5 Å². The third kappa shape index (κ3) is 5.76. The lowest BCUT2D eigenvalue weighted by atomic mass is 10.1. The van der Waals surface area contributed by atoms with E-state index < -0.39 is 0 Å². The molecule has 1 N–H and O–H groups in total. The molecule has 3 aromatic rings. The van der Waals surface area contributed by atoms with E-state index >= 15 is 0 Å². The molecule has 2 aromatic heterocycles. The number of nitrogens with one attached hydrogen (secondary N) is 1. The van der Waals surface area contributed by atoms with Gasteiger partial charge in [0.25, 0.3) is 0 Å². The summed E-state index contributed by atoms with van der Waals surface area (Å²) in [5.74, 6) is -0.332. The lowest BCUT2D eigenvalue weighted by molar-refractivity contribution is -0.123. The molecule has 0 spiro atoms. The number of nitrogens with zero attached hydrogens (tertiary/aromatic N) is 1. The number of carbonyl (C=O) groups excluding carboxylic acids is 1. The minimum absolute atomic E-state index is 0.0488. The molecule has 158 valence electrons. The first kappa shape index (κ1) is 21.2. The summed E-state index contributed by atoms with van der Waals surface area (Å²) < 4.78 is 19.2. The van der Waals surface area contributed by atoms with Crippen molar-refractivity contribution in [3.8, 4) is 0 Å². The number of rotatable bonds is 9. The molecule has 0 saturated carbocycles. The molecule has 0 bridgehead atoms. The third-order valence-corrected chi connectivity index (χ3v) is 6.95. The first-order valence-corrected chi connectivity index (χ1v) is 11.9. The van der Waals surface area contributed by atoms with Crippen molar-refractivity contribution in [3.63, 3.8) is 0 Å². The second-order valence-electron chi connectivity index (χ2n) is 7.45. The van der Waals surface area contributed by atoms with Crippen LogP contribution in [0.15, 0.2) is 59.3 Å². The number of hydrogen-bond donors (Lipinski definition) is 1. The normalized spacial score (nSPS) is 17.3. The van der Waals surface area contributed by atoms with Gasteiger partial charge in [-0.25, -0.2) is 4.39 Å². The Morgan fingerprint density at radius 2 is 1.97 bits per heavy atom. The van der Waals surface area contributed by atoms with Gasteiger partial charge in [-0.3, -0.25) is 9.69 Å². The average Bonchev–Trinajstić information content (AvgIpc) is 3.51. The summed E-state index contributed by atoms with van der Waals surface area (Å²) in [6, 6.07) is 14.1. The summed E-state index contributed by atoms with van der Waals surface area (Å²) in [5.41, 5.74) is 0.871. The Hall–Kier alpha value is -2.06. The summed E-state index contributed by atoms with van der Waals surface area (Å²) in [4.78, 5) is 17.5. The van der Waals surface area contributed by atoms with Crippen LogP contribution in [0.4, 0.5) is 4.39 Å². The van der Waals surface area contributed by atoms with Gasteiger partial charge in [-0.1, -0.05) is 24.3 Å². The Morgan fingerprint density at radius 1 is 1.17 bits per heavy atom. The summed E-state index contributed by atoms with van der Waals surface area (Å²) >= 11 is 3.28. The molecule has 1 fully saturated rings. The number of hydrogen-bond acceptors (Lipinski definition) is 5. The van der Waals surface area contributed by atoms with Gasteiger partial charge in [-0.2, -0.15) is 0 Å². The van der Waals surface area contributed by atoms with Crippen molar-refractivity contribution in [3.05, 3.63) is 80.4 Å². The maximum absolute atomic E-state index is 13.4. The molecule has 2 unspecified atom stereocenters. The summed E-state index contributed by atoms with van der Waals surface area (Å²) in [5, 5.41) is 7.20. The van der Waals surface area contributed by atoms with Crippen molar-refractivity contribution in [2.75, 3.05) is 19.7 Å². The van der Waals surface area contributed by atoms with Gasteiger partial charge in [0.05, 0.1) is 18.7 Å². The van der Waals surface area contributed by atoms with Crippen LogP contribution in [0.3, 0.4) is 0 Å². The smallest absolute Gasteiger partial charge is 0.234 e. The number of thiophene rings is 2. The van der Waals surface area contributed by atoms with E-state index in [1.165, 1.54) is 17.0 Å². The number of ether oxygens (including phenoxy) is 1. The van der Waals surface area contributed by atoms with Gasteiger partial charge in [0.2, 0.25) is 5.91 Å². The first-order chi connectivity index (χ1) is 14.7. The third-order valence-electron chi connectivity index (χ3n) is 5.15. The van der Waals surface area contributed by atoms with Gasteiger partial charge in [-0.15, -0.1) is 22.7 Å². The van der Waals surface area contributed by atoms with Crippen LogP contribution in [0.25, 0.3) is 0 Å². The topological polar surface area (TPSA) is 41.6 Å². The monoisotopic (exact) mass is 444 g/mol. The maximum Gasteiger partial charge on any atom is 0.234 e. The van der Waals surface area contributed by atoms with Crippen LogP contribution in [0, 0.1) is 5.82 Å². The summed E-state index contributed by atoms with van der Waals surface area (Å²) in [6.07, 6.45) is 2.30. The highest BCUT2D eigenvalue weighted by molar-refractivity contribution is 7.10. The van der Waals surface area contributed by atoms with Crippen molar-refractivity contribution in [2.24, 2.45) is 0 Å². The van der Waals surface area contributed by atoms with Crippen LogP contribution in [0.1, 0.15) is 34.2 Å². The fraction of sp³-hybridized carbons (Fsp3) is 0.348. The molecule has 0 radical (unpaired) electrons. The van der Waals surface area contributed by atoms with Gasteiger partial charge in [0.1, 0.15) is 5.82 Å². The molecule has 2 atom stereocenters. The van der Waals surface area contributed by atoms with Gasteiger partial charge in [-0.05, 0) is 53.4 Å². The zero-order chi connectivity index (χ0) is 20.8. The Kier molecular flexibility index (Phi) is 7.28. The van der Waals surface area contributed by atoms with Crippen LogP contribution in [-0.4, -0.2) is 36.6 Å². The Bertz CT molecular complexity index is 907. The van der Waals surface area contributed by atoms with Crippen LogP contribution >= 0.6 is 22.7 Å². The van der Waals surface area contributed by atoms with Crippen LogP contribution in [0.2, 0.25) is 0 Å². The SMILES string of the molecule is O=C(CN(Cc1cccs1)CC1CCCO1)NC(c1ccc(F)cc1)c1cccs1. The Labute approximate surface area is 184 Å². The maximum atomic E-state index is 13.4. The van der Waals surface area contributed by atoms with E-state index in [1.807, 2.05) is 23.6 Å². The van der Waals surface area contributed by atoms with Crippen molar-refractivity contribution < 1.29 is 13.9 Å². The highest BCUT2D eigenvalue weighted by Gasteiger charge is 2.23. The molecule has 4 rings (SSSR count). The molecular formula is C23H25FN2O2S2. The number of carbonyl (C=O) groups is 1. The molecule has 4 nitrogen and oxygen atoms in total.